The summed E-state index contributed by atoms with van der Waals surface area (Å²) < 4.78 is 0. The third-order valence-corrected chi connectivity index (χ3v) is 5.12. The smallest absolute Gasteiger partial charge is 0.320 e. The molecule has 188 valence electrons. The van der Waals surface area contributed by atoms with Crippen molar-refractivity contribution in [2.75, 3.05) is 13.1 Å². The van der Waals surface area contributed by atoms with E-state index < -0.39 is 24.0 Å². The predicted molar refractivity (Wildman–Crippen MR) is 123 cm³/mol. The number of nitrogens with one attached hydrogen (secondary N) is 2. The summed E-state index contributed by atoms with van der Waals surface area (Å²) in [6, 6.07) is -1.90. The fraction of sp³-hybridized carbons (Fsp3) is 0.714. The molecule has 8 N–H and O–H groups in total. The zero-order valence-electron chi connectivity index (χ0n) is 19.5. The molecule has 2 amide bonds. The number of carboxylic acid groups (broad SMARTS) is 2. The van der Waals surface area contributed by atoms with Crippen LogP contribution >= 0.6 is 0 Å². The van der Waals surface area contributed by atoms with Crippen molar-refractivity contribution in [2.45, 2.75) is 83.7 Å². The van der Waals surface area contributed by atoms with Crippen LogP contribution in [0.5, 0.6) is 0 Å². The maximum absolute atomic E-state index is 12.5. The Bertz CT molecular complexity index is 655. The molecule has 0 bridgehead atoms. The first-order chi connectivity index (χ1) is 15.4. The first-order valence-electron chi connectivity index (χ1n) is 11.1. The van der Waals surface area contributed by atoms with Gasteiger partial charge in [0.15, 0.2) is 0 Å². The molecule has 0 saturated heterocycles. The molecule has 0 aliphatic rings. The van der Waals surface area contributed by atoms with Crippen molar-refractivity contribution in [3.05, 3.63) is 0 Å². The molecule has 0 aromatic heterocycles. The van der Waals surface area contributed by atoms with Crippen molar-refractivity contribution in [2.24, 2.45) is 11.5 Å². The zero-order valence-corrected chi connectivity index (χ0v) is 19.5. The number of carbonyl (C=O) groups is 4. The van der Waals surface area contributed by atoms with Crippen LogP contribution in [0.1, 0.15) is 71.6 Å². The van der Waals surface area contributed by atoms with Gasteiger partial charge in [0.2, 0.25) is 11.8 Å². The van der Waals surface area contributed by atoms with Crippen molar-refractivity contribution in [1.29, 1.82) is 10.8 Å². The van der Waals surface area contributed by atoms with Crippen molar-refractivity contribution in [1.82, 2.24) is 9.80 Å². The number of hydrogen-bond acceptors (Lipinski definition) is 8. The highest BCUT2D eigenvalue weighted by molar-refractivity contribution is 5.97. The van der Waals surface area contributed by atoms with Gasteiger partial charge in [-0.05, 0) is 58.8 Å². The van der Waals surface area contributed by atoms with Crippen LogP contribution in [0.15, 0.2) is 0 Å². The molecule has 0 rings (SSSR count). The Morgan fingerprint density at radius 1 is 0.697 bits per heavy atom. The van der Waals surface area contributed by atoms with Crippen LogP contribution in [0.4, 0.5) is 0 Å². The van der Waals surface area contributed by atoms with E-state index >= 15 is 0 Å². The molecule has 0 aliphatic carbocycles. The second-order valence-corrected chi connectivity index (χ2v) is 8.00. The molecule has 0 aromatic rings. The molecule has 33 heavy (non-hydrogen) atoms. The monoisotopic (exact) mass is 470 g/mol. The van der Waals surface area contributed by atoms with Gasteiger partial charge in [0.1, 0.15) is 12.1 Å². The Kier molecular flexibility index (Phi) is 14.5. The first kappa shape index (κ1) is 30.1. The molecule has 2 atom stereocenters. The van der Waals surface area contributed by atoms with E-state index in [0.29, 0.717) is 25.7 Å². The highest BCUT2D eigenvalue weighted by Crippen LogP contribution is 2.10. The summed E-state index contributed by atoms with van der Waals surface area (Å²) in [5, 5.41) is 33.2. The van der Waals surface area contributed by atoms with Crippen LogP contribution in [0, 0.1) is 10.8 Å². The maximum atomic E-state index is 12.5. The van der Waals surface area contributed by atoms with Gasteiger partial charge in [0, 0.05) is 25.9 Å². The molecule has 0 radical (unpaired) electrons. The second kappa shape index (κ2) is 15.9. The van der Waals surface area contributed by atoms with E-state index in [1.807, 2.05) is 0 Å². The molecule has 0 aromatic carbocycles. The summed E-state index contributed by atoms with van der Waals surface area (Å²) in [6.45, 7) is 3.53. The van der Waals surface area contributed by atoms with Crippen molar-refractivity contribution >= 4 is 35.4 Å². The fourth-order valence-electron chi connectivity index (χ4n) is 3.13. The standard InChI is InChI=1S/C21H38N6O6/c1-14(22)26(12-5-3-8-16(24)20(30)31)18(28)10-7-11-19(29)27(15(2)23)13-6-4-9-17(25)21(32)33/h16-17,22-23H,3-13,24-25H2,1-2H3,(H,30,31)(H,32,33). The number of hydrogen-bond donors (Lipinski definition) is 6. The van der Waals surface area contributed by atoms with Crippen LogP contribution in [0.3, 0.4) is 0 Å². The summed E-state index contributed by atoms with van der Waals surface area (Å²) in [5.74, 6) is -2.59. The van der Waals surface area contributed by atoms with E-state index in [1.165, 1.54) is 23.6 Å². The van der Waals surface area contributed by atoms with E-state index in [-0.39, 0.29) is 68.7 Å². The van der Waals surface area contributed by atoms with Crippen molar-refractivity contribution in [3.8, 4) is 0 Å². The average molecular weight is 471 g/mol. The van der Waals surface area contributed by atoms with Gasteiger partial charge < -0.3 is 31.5 Å². The number of carbonyl (C=O) groups excluding carboxylic acids is 2. The van der Waals surface area contributed by atoms with Crippen LogP contribution in [0.25, 0.3) is 0 Å². The summed E-state index contributed by atoms with van der Waals surface area (Å²) in [6.07, 6.45) is 2.99. The molecule has 0 spiro atoms. The lowest BCUT2D eigenvalue weighted by Gasteiger charge is -2.23. The van der Waals surface area contributed by atoms with Gasteiger partial charge in [-0.25, -0.2) is 0 Å². The summed E-state index contributed by atoms with van der Waals surface area (Å²) in [4.78, 5) is 49.0. The van der Waals surface area contributed by atoms with E-state index in [2.05, 4.69) is 0 Å². The Labute approximate surface area is 194 Å². The van der Waals surface area contributed by atoms with Crippen molar-refractivity contribution < 1.29 is 29.4 Å². The largest absolute Gasteiger partial charge is 0.480 e. The molecule has 0 saturated carbocycles. The lowest BCUT2D eigenvalue weighted by molar-refractivity contribution is -0.139. The highest BCUT2D eigenvalue weighted by Gasteiger charge is 2.19. The Hall–Kier alpha value is -2.86. The van der Waals surface area contributed by atoms with E-state index in [1.54, 1.807) is 0 Å². The van der Waals surface area contributed by atoms with Crippen LogP contribution < -0.4 is 11.5 Å². The Morgan fingerprint density at radius 3 is 1.30 bits per heavy atom. The number of unbranched alkanes of at least 4 members (excludes halogenated alkanes) is 2. The van der Waals surface area contributed by atoms with E-state index in [0.717, 1.165) is 0 Å². The lowest BCUT2D eigenvalue weighted by Crippen LogP contribution is -2.37. The van der Waals surface area contributed by atoms with Gasteiger partial charge in [-0.1, -0.05) is 0 Å². The lowest BCUT2D eigenvalue weighted by atomic mass is 10.1. The topological polar surface area (TPSA) is 215 Å². The number of nitrogens with two attached hydrogens (primary N) is 2. The third-order valence-electron chi connectivity index (χ3n) is 5.12. The van der Waals surface area contributed by atoms with Crippen LogP contribution in [-0.4, -0.2) is 80.6 Å². The predicted octanol–water partition coefficient (Wildman–Crippen LogP) is 0.973. The number of carboxylic acids is 2. The van der Waals surface area contributed by atoms with Gasteiger partial charge in [0.05, 0.1) is 11.7 Å². The Balaban J connectivity index is 4.48. The summed E-state index contributed by atoms with van der Waals surface area (Å²) in [7, 11) is 0. The molecule has 2 unspecified atom stereocenters. The highest BCUT2D eigenvalue weighted by atomic mass is 16.4. The summed E-state index contributed by atoms with van der Waals surface area (Å²) in [5.41, 5.74) is 10.9. The number of aliphatic carboxylic acids is 2. The van der Waals surface area contributed by atoms with E-state index in [4.69, 9.17) is 32.5 Å². The molecule has 12 heteroatoms. The number of amides is 2. The van der Waals surface area contributed by atoms with Crippen LogP contribution in [-0.2, 0) is 19.2 Å². The number of amidine groups is 2. The van der Waals surface area contributed by atoms with Gasteiger partial charge >= 0.3 is 11.9 Å². The van der Waals surface area contributed by atoms with E-state index in [9.17, 15) is 19.2 Å². The van der Waals surface area contributed by atoms with Gasteiger partial charge in [0.25, 0.3) is 0 Å². The second-order valence-electron chi connectivity index (χ2n) is 8.00. The van der Waals surface area contributed by atoms with Gasteiger partial charge in [-0.15, -0.1) is 0 Å². The molecule has 0 aliphatic heterocycles. The maximum Gasteiger partial charge on any atom is 0.320 e. The minimum absolute atomic E-state index is 0.0644. The minimum atomic E-state index is -1.08. The van der Waals surface area contributed by atoms with Crippen LogP contribution in [0.2, 0.25) is 0 Å². The fourth-order valence-corrected chi connectivity index (χ4v) is 3.13. The minimum Gasteiger partial charge on any atom is -0.480 e. The first-order valence-corrected chi connectivity index (χ1v) is 11.1. The number of nitrogens with zero attached hydrogens (tertiary/aromatic N) is 2. The molecule has 0 fully saturated rings. The zero-order chi connectivity index (χ0) is 25.6. The van der Waals surface area contributed by atoms with Crippen molar-refractivity contribution in [3.63, 3.8) is 0 Å². The average Bonchev–Trinajstić information content (AvgIpc) is 2.71. The molecule has 0 heterocycles. The summed E-state index contributed by atoms with van der Waals surface area (Å²) >= 11 is 0. The quantitative estimate of drug-likeness (QED) is 0.108. The molecular formula is C21H38N6O6. The van der Waals surface area contributed by atoms with Gasteiger partial charge in [-0.2, -0.15) is 0 Å². The van der Waals surface area contributed by atoms with Gasteiger partial charge in [-0.3, -0.25) is 30.0 Å². The third kappa shape index (κ3) is 12.7. The normalized spacial score (nSPS) is 12.5. The SMILES string of the molecule is CC(=N)N(CCCCC(N)C(=O)O)C(=O)CCCC(=O)N(CCCCC(N)C(=O)O)C(C)=N. The number of rotatable bonds is 16. The molecular weight excluding hydrogens is 432 g/mol. The Morgan fingerprint density at radius 2 is 1.03 bits per heavy atom. The molecule has 12 nitrogen and oxygen atoms in total.